The Morgan fingerprint density at radius 1 is 1.10 bits per heavy atom. The van der Waals surface area contributed by atoms with Gasteiger partial charge in [-0.25, -0.2) is 0 Å². The van der Waals surface area contributed by atoms with Gasteiger partial charge in [0.25, 0.3) is 0 Å². The summed E-state index contributed by atoms with van der Waals surface area (Å²) in [6, 6.07) is 0. The molecule has 0 amide bonds. The molecular weight excluding hydrogens is 268 g/mol. The van der Waals surface area contributed by atoms with Crippen molar-refractivity contribution in [3.05, 3.63) is 12.7 Å². The molecule has 0 fully saturated rings. The van der Waals surface area contributed by atoms with Crippen LogP contribution in [0.4, 0.5) is 0 Å². The molecule has 0 radical (unpaired) electrons. The van der Waals surface area contributed by atoms with Gasteiger partial charge in [0.15, 0.2) is 5.41 Å². The Bertz CT molecular complexity index is 314. The molecule has 0 unspecified atom stereocenters. The largest absolute Gasteiger partial charge is 0.465 e. The summed E-state index contributed by atoms with van der Waals surface area (Å²) in [4.78, 5) is 24.9. The SMILES string of the molecule is C=CCC(CCC(C)C)(C(=O)OCCC)C(=O)OCCC. The molecule has 0 rings (SSSR count). The van der Waals surface area contributed by atoms with E-state index in [0.29, 0.717) is 25.6 Å². The van der Waals surface area contributed by atoms with Gasteiger partial charge in [-0.2, -0.15) is 0 Å². The first kappa shape index (κ1) is 19.7. The van der Waals surface area contributed by atoms with Crippen molar-refractivity contribution in [3.63, 3.8) is 0 Å². The van der Waals surface area contributed by atoms with Crippen LogP contribution >= 0.6 is 0 Å². The van der Waals surface area contributed by atoms with E-state index in [2.05, 4.69) is 20.4 Å². The Morgan fingerprint density at radius 3 is 1.90 bits per heavy atom. The lowest BCUT2D eigenvalue weighted by molar-refractivity contribution is -0.173. The first-order valence-corrected chi connectivity index (χ1v) is 7.89. The molecule has 0 aliphatic heterocycles. The Hall–Kier alpha value is -1.32. The fourth-order valence-corrected chi connectivity index (χ4v) is 2.00. The normalized spacial score (nSPS) is 11.3. The highest BCUT2D eigenvalue weighted by molar-refractivity contribution is 6.00. The lowest BCUT2D eigenvalue weighted by Crippen LogP contribution is -2.42. The molecule has 0 heterocycles. The molecular formula is C17H30O4. The molecule has 0 spiro atoms. The van der Waals surface area contributed by atoms with Crippen LogP contribution in [-0.2, 0) is 19.1 Å². The molecule has 0 atom stereocenters. The minimum absolute atomic E-state index is 0.255. The maximum atomic E-state index is 12.5. The quantitative estimate of drug-likeness (QED) is 0.330. The van der Waals surface area contributed by atoms with E-state index >= 15 is 0 Å². The number of allylic oxidation sites excluding steroid dienone is 1. The molecule has 0 aromatic rings. The summed E-state index contributed by atoms with van der Waals surface area (Å²) in [5.41, 5.74) is -1.24. The van der Waals surface area contributed by atoms with Gasteiger partial charge in [0, 0.05) is 0 Å². The lowest BCUT2D eigenvalue weighted by Gasteiger charge is -2.29. The van der Waals surface area contributed by atoms with Gasteiger partial charge in [0.1, 0.15) is 0 Å². The van der Waals surface area contributed by atoms with Gasteiger partial charge >= 0.3 is 11.9 Å². The third kappa shape index (κ3) is 6.32. The van der Waals surface area contributed by atoms with Crippen LogP contribution in [0.2, 0.25) is 0 Å². The van der Waals surface area contributed by atoms with Crippen molar-refractivity contribution in [3.8, 4) is 0 Å². The van der Waals surface area contributed by atoms with E-state index in [1.807, 2.05) is 13.8 Å². The Morgan fingerprint density at radius 2 is 1.57 bits per heavy atom. The van der Waals surface area contributed by atoms with Gasteiger partial charge in [-0.3, -0.25) is 9.59 Å². The maximum absolute atomic E-state index is 12.5. The van der Waals surface area contributed by atoms with Gasteiger partial charge in [-0.15, -0.1) is 6.58 Å². The highest BCUT2D eigenvalue weighted by Crippen LogP contribution is 2.34. The molecule has 0 saturated carbocycles. The van der Waals surface area contributed by atoms with Crippen LogP contribution in [0.5, 0.6) is 0 Å². The minimum atomic E-state index is -1.24. The fourth-order valence-electron chi connectivity index (χ4n) is 2.00. The third-order valence-electron chi connectivity index (χ3n) is 3.30. The smallest absolute Gasteiger partial charge is 0.323 e. The van der Waals surface area contributed by atoms with E-state index in [9.17, 15) is 9.59 Å². The van der Waals surface area contributed by atoms with Gasteiger partial charge in [-0.1, -0.05) is 33.8 Å². The average Bonchev–Trinajstić information content (AvgIpc) is 2.46. The number of carbonyl (C=O) groups excluding carboxylic acids is 2. The minimum Gasteiger partial charge on any atom is -0.465 e. The zero-order valence-corrected chi connectivity index (χ0v) is 13.9. The number of carbonyl (C=O) groups is 2. The molecule has 0 N–H and O–H groups in total. The zero-order valence-electron chi connectivity index (χ0n) is 13.9. The van der Waals surface area contributed by atoms with Crippen molar-refractivity contribution in [2.75, 3.05) is 13.2 Å². The van der Waals surface area contributed by atoms with Crippen molar-refractivity contribution in [1.82, 2.24) is 0 Å². The van der Waals surface area contributed by atoms with Crippen molar-refractivity contribution < 1.29 is 19.1 Å². The summed E-state index contributed by atoms with van der Waals surface area (Å²) in [6.45, 7) is 12.3. The Labute approximate surface area is 128 Å². The monoisotopic (exact) mass is 298 g/mol. The van der Waals surface area contributed by atoms with Crippen LogP contribution in [-0.4, -0.2) is 25.2 Å². The predicted octanol–water partition coefficient (Wildman–Crippen LogP) is 3.89. The summed E-state index contributed by atoms with van der Waals surface area (Å²) in [6.07, 6.45) is 4.50. The molecule has 21 heavy (non-hydrogen) atoms. The molecule has 122 valence electrons. The molecule has 0 aliphatic rings. The predicted molar refractivity (Wildman–Crippen MR) is 83.8 cm³/mol. The van der Waals surface area contributed by atoms with Crippen molar-refractivity contribution in [2.24, 2.45) is 11.3 Å². The highest BCUT2D eigenvalue weighted by atomic mass is 16.6. The van der Waals surface area contributed by atoms with Crippen molar-refractivity contribution in [1.29, 1.82) is 0 Å². The first-order valence-electron chi connectivity index (χ1n) is 7.89. The highest BCUT2D eigenvalue weighted by Gasteiger charge is 2.47. The van der Waals surface area contributed by atoms with E-state index in [1.165, 1.54) is 0 Å². The second-order valence-electron chi connectivity index (χ2n) is 5.78. The molecule has 0 aromatic carbocycles. The van der Waals surface area contributed by atoms with E-state index < -0.39 is 17.4 Å². The first-order chi connectivity index (χ1) is 9.94. The molecule has 0 aromatic heterocycles. The van der Waals surface area contributed by atoms with Gasteiger partial charge in [0.2, 0.25) is 0 Å². The Balaban J connectivity index is 5.24. The van der Waals surface area contributed by atoms with Crippen molar-refractivity contribution in [2.45, 2.75) is 59.8 Å². The summed E-state index contributed by atoms with van der Waals surface area (Å²) in [7, 11) is 0. The van der Waals surface area contributed by atoms with Gasteiger partial charge in [-0.05, 0) is 38.0 Å². The molecule has 0 bridgehead atoms. The van der Waals surface area contributed by atoms with E-state index in [4.69, 9.17) is 9.47 Å². The molecule has 0 saturated heterocycles. The molecule has 0 aliphatic carbocycles. The summed E-state index contributed by atoms with van der Waals surface area (Å²) < 4.78 is 10.5. The Kier molecular flexibility index (Phi) is 9.76. The second-order valence-corrected chi connectivity index (χ2v) is 5.78. The van der Waals surface area contributed by atoms with Crippen LogP contribution in [0.1, 0.15) is 59.8 Å². The zero-order chi connectivity index (χ0) is 16.3. The number of ether oxygens (including phenoxy) is 2. The van der Waals surface area contributed by atoms with Crippen LogP contribution < -0.4 is 0 Å². The van der Waals surface area contributed by atoms with Crippen LogP contribution in [0.25, 0.3) is 0 Å². The summed E-state index contributed by atoms with van der Waals surface area (Å²) in [5.74, 6) is -0.566. The molecule has 4 heteroatoms. The number of esters is 2. The summed E-state index contributed by atoms with van der Waals surface area (Å²) >= 11 is 0. The van der Waals surface area contributed by atoms with E-state index in [0.717, 1.165) is 19.3 Å². The average molecular weight is 298 g/mol. The fraction of sp³-hybridized carbons (Fsp3) is 0.765. The van der Waals surface area contributed by atoms with Gasteiger partial charge in [0.05, 0.1) is 13.2 Å². The van der Waals surface area contributed by atoms with E-state index in [1.54, 1.807) is 6.08 Å². The van der Waals surface area contributed by atoms with Crippen molar-refractivity contribution >= 4 is 11.9 Å². The number of hydrogen-bond acceptors (Lipinski definition) is 4. The standard InChI is InChI=1S/C17H30O4/c1-6-10-17(11-9-14(4)5,15(18)20-12-7-2)16(19)21-13-8-3/h6,14H,1,7-13H2,2-5H3. The number of rotatable bonds is 11. The van der Waals surface area contributed by atoms with E-state index in [-0.39, 0.29) is 6.42 Å². The maximum Gasteiger partial charge on any atom is 0.323 e. The lowest BCUT2D eigenvalue weighted by atomic mass is 9.78. The second kappa shape index (κ2) is 10.4. The molecule has 4 nitrogen and oxygen atoms in total. The summed E-state index contributed by atoms with van der Waals surface area (Å²) in [5, 5.41) is 0. The van der Waals surface area contributed by atoms with Crippen LogP contribution in [0.15, 0.2) is 12.7 Å². The topological polar surface area (TPSA) is 52.6 Å². The van der Waals surface area contributed by atoms with Gasteiger partial charge < -0.3 is 9.47 Å². The third-order valence-corrected chi connectivity index (χ3v) is 3.30. The number of hydrogen-bond donors (Lipinski definition) is 0. The van der Waals surface area contributed by atoms with Crippen LogP contribution in [0, 0.1) is 11.3 Å². The van der Waals surface area contributed by atoms with Crippen LogP contribution in [0.3, 0.4) is 0 Å².